The van der Waals surface area contributed by atoms with E-state index in [9.17, 15) is 0 Å². The van der Waals surface area contributed by atoms with Crippen molar-refractivity contribution in [2.75, 3.05) is 25.1 Å². The summed E-state index contributed by atoms with van der Waals surface area (Å²) in [6.45, 7) is 6.37. The van der Waals surface area contributed by atoms with Crippen molar-refractivity contribution in [1.82, 2.24) is 0 Å². The molecule has 2 N–H and O–H groups in total. The molecule has 1 fully saturated rings. The summed E-state index contributed by atoms with van der Waals surface area (Å²) < 4.78 is 5.35. The Balaban J connectivity index is 2.23. The van der Waals surface area contributed by atoms with Crippen LogP contribution in [0.2, 0.25) is 0 Å². The maximum Gasteiger partial charge on any atom is 0.122 e. The summed E-state index contributed by atoms with van der Waals surface area (Å²) in [4.78, 5) is 2.44. The molecule has 1 aliphatic heterocycles. The molecule has 0 amide bonds. The van der Waals surface area contributed by atoms with Gasteiger partial charge in [-0.2, -0.15) is 0 Å². The molecule has 3 nitrogen and oxygen atoms in total. The van der Waals surface area contributed by atoms with E-state index in [1.807, 2.05) is 0 Å². The van der Waals surface area contributed by atoms with E-state index in [-0.39, 0.29) is 0 Å². The second-order valence-electron chi connectivity index (χ2n) is 4.93. The van der Waals surface area contributed by atoms with Crippen molar-refractivity contribution < 1.29 is 4.74 Å². The van der Waals surface area contributed by atoms with E-state index in [1.54, 1.807) is 7.11 Å². The number of anilines is 1. The van der Waals surface area contributed by atoms with Gasteiger partial charge in [0.2, 0.25) is 0 Å². The van der Waals surface area contributed by atoms with Gasteiger partial charge in [0.15, 0.2) is 0 Å². The molecule has 0 spiro atoms. The molecule has 0 aliphatic carbocycles. The minimum atomic E-state index is 0.380. The number of aryl methyl sites for hydroxylation is 2. The van der Waals surface area contributed by atoms with Crippen LogP contribution < -0.4 is 15.4 Å². The lowest BCUT2D eigenvalue weighted by Gasteiger charge is -2.33. The van der Waals surface area contributed by atoms with Crippen LogP contribution in [0.5, 0.6) is 5.75 Å². The molecular formula is C14H22N2O. The molecular weight excluding hydrogens is 212 g/mol. The lowest BCUT2D eigenvalue weighted by molar-refractivity contribution is 0.411. The molecule has 0 atom stereocenters. The van der Waals surface area contributed by atoms with Crippen LogP contribution in [0.3, 0.4) is 0 Å². The lowest BCUT2D eigenvalue weighted by Crippen LogP contribution is -2.40. The fourth-order valence-corrected chi connectivity index (χ4v) is 2.48. The number of nitrogens with zero attached hydrogens (tertiary/aromatic N) is 1. The summed E-state index contributed by atoms with van der Waals surface area (Å²) >= 11 is 0. The summed E-state index contributed by atoms with van der Waals surface area (Å²) in [6, 6.07) is 4.73. The number of ether oxygens (including phenoxy) is 1. The predicted octanol–water partition coefficient (Wildman–Crippen LogP) is 2.24. The van der Waals surface area contributed by atoms with E-state index >= 15 is 0 Å². The Morgan fingerprint density at radius 2 is 1.82 bits per heavy atom. The van der Waals surface area contributed by atoms with Gasteiger partial charge in [0, 0.05) is 24.8 Å². The lowest BCUT2D eigenvalue weighted by atomic mass is 10.0. The van der Waals surface area contributed by atoms with E-state index < -0.39 is 0 Å². The van der Waals surface area contributed by atoms with Crippen LogP contribution in [0.1, 0.15) is 24.0 Å². The number of hydrogen-bond donors (Lipinski definition) is 1. The zero-order valence-corrected chi connectivity index (χ0v) is 11.0. The van der Waals surface area contributed by atoms with Gasteiger partial charge >= 0.3 is 0 Å². The number of nitrogens with two attached hydrogens (primary N) is 1. The number of rotatable bonds is 2. The number of methoxy groups -OCH3 is 1. The average molecular weight is 234 g/mol. The van der Waals surface area contributed by atoms with E-state index in [2.05, 4.69) is 30.9 Å². The largest absolute Gasteiger partial charge is 0.496 e. The maximum atomic E-state index is 5.94. The van der Waals surface area contributed by atoms with E-state index in [4.69, 9.17) is 10.5 Å². The van der Waals surface area contributed by atoms with Crippen LogP contribution in [-0.4, -0.2) is 26.2 Å². The molecule has 1 aromatic carbocycles. The molecule has 3 heteroatoms. The molecule has 0 saturated carbocycles. The highest BCUT2D eigenvalue weighted by Crippen LogP contribution is 2.30. The first-order chi connectivity index (χ1) is 8.11. The summed E-state index contributed by atoms with van der Waals surface area (Å²) in [6.07, 6.45) is 2.18. The highest BCUT2D eigenvalue weighted by Gasteiger charge is 2.18. The predicted molar refractivity (Wildman–Crippen MR) is 71.9 cm³/mol. The summed E-state index contributed by atoms with van der Waals surface area (Å²) in [5.74, 6) is 0.972. The zero-order valence-electron chi connectivity index (χ0n) is 11.0. The van der Waals surface area contributed by atoms with Gasteiger partial charge in [-0.05, 0) is 49.9 Å². The Bertz CT molecular complexity index is 395. The molecule has 94 valence electrons. The smallest absolute Gasteiger partial charge is 0.122 e. The van der Waals surface area contributed by atoms with Crippen LogP contribution in [0.25, 0.3) is 0 Å². The first kappa shape index (κ1) is 12.2. The molecule has 0 unspecified atom stereocenters. The number of benzene rings is 1. The standard InChI is InChI=1S/C14H22N2O/c1-10-9-14(17-3)11(2)8-13(10)16-6-4-12(15)5-7-16/h8-9,12H,4-7,15H2,1-3H3. The van der Waals surface area contributed by atoms with Gasteiger partial charge in [-0.3, -0.25) is 0 Å². The van der Waals surface area contributed by atoms with Crippen molar-refractivity contribution in [3.8, 4) is 5.75 Å². The zero-order chi connectivity index (χ0) is 12.4. The second kappa shape index (κ2) is 4.96. The van der Waals surface area contributed by atoms with Gasteiger partial charge in [-0.25, -0.2) is 0 Å². The van der Waals surface area contributed by atoms with Gasteiger partial charge in [0.05, 0.1) is 7.11 Å². The number of hydrogen-bond acceptors (Lipinski definition) is 3. The Kier molecular flexibility index (Phi) is 3.57. The van der Waals surface area contributed by atoms with Crippen LogP contribution >= 0.6 is 0 Å². The molecule has 0 aromatic heterocycles. The molecule has 1 aromatic rings. The monoisotopic (exact) mass is 234 g/mol. The third-order valence-corrected chi connectivity index (χ3v) is 3.59. The van der Waals surface area contributed by atoms with Crippen molar-refractivity contribution in [2.24, 2.45) is 5.73 Å². The van der Waals surface area contributed by atoms with E-state index in [1.165, 1.54) is 16.8 Å². The third-order valence-electron chi connectivity index (χ3n) is 3.59. The molecule has 1 aliphatic rings. The minimum Gasteiger partial charge on any atom is -0.496 e. The van der Waals surface area contributed by atoms with Crippen molar-refractivity contribution in [3.63, 3.8) is 0 Å². The van der Waals surface area contributed by atoms with Crippen LogP contribution in [0, 0.1) is 13.8 Å². The fourth-order valence-electron chi connectivity index (χ4n) is 2.48. The van der Waals surface area contributed by atoms with Crippen LogP contribution in [-0.2, 0) is 0 Å². The highest BCUT2D eigenvalue weighted by molar-refractivity contribution is 5.59. The first-order valence-corrected chi connectivity index (χ1v) is 6.27. The summed E-state index contributed by atoms with van der Waals surface area (Å²) in [5, 5.41) is 0. The Labute approximate surface area is 104 Å². The van der Waals surface area contributed by atoms with Crippen molar-refractivity contribution >= 4 is 5.69 Å². The van der Waals surface area contributed by atoms with Crippen LogP contribution in [0.4, 0.5) is 5.69 Å². The molecule has 0 radical (unpaired) electrons. The summed E-state index contributed by atoms with van der Waals surface area (Å²) in [7, 11) is 1.72. The average Bonchev–Trinajstić information content (AvgIpc) is 2.33. The van der Waals surface area contributed by atoms with Crippen molar-refractivity contribution in [3.05, 3.63) is 23.3 Å². The highest BCUT2D eigenvalue weighted by atomic mass is 16.5. The quantitative estimate of drug-likeness (QED) is 0.853. The van der Waals surface area contributed by atoms with Gasteiger partial charge in [-0.15, -0.1) is 0 Å². The van der Waals surface area contributed by atoms with Gasteiger partial charge in [0.25, 0.3) is 0 Å². The molecule has 0 bridgehead atoms. The molecule has 1 saturated heterocycles. The van der Waals surface area contributed by atoms with Crippen molar-refractivity contribution in [2.45, 2.75) is 32.7 Å². The van der Waals surface area contributed by atoms with Crippen molar-refractivity contribution in [1.29, 1.82) is 0 Å². The minimum absolute atomic E-state index is 0.380. The Morgan fingerprint density at radius 1 is 1.18 bits per heavy atom. The molecule has 1 heterocycles. The molecule has 17 heavy (non-hydrogen) atoms. The van der Waals surface area contributed by atoms with E-state index in [0.29, 0.717) is 6.04 Å². The van der Waals surface area contributed by atoms with Gasteiger partial charge < -0.3 is 15.4 Å². The van der Waals surface area contributed by atoms with Gasteiger partial charge in [0.1, 0.15) is 5.75 Å². The Hall–Kier alpha value is -1.22. The Morgan fingerprint density at radius 3 is 2.41 bits per heavy atom. The van der Waals surface area contributed by atoms with E-state index in [0.717, 1.165) is 31.7 Å². The first-order valence-electron chi connectivity index (χ1n) is 6.27. The normalized spacial score (nSPS) is 17.3. The SMILES string of the molecule is COc1cc(C)c(N2CCC(N)CC2)cc1C. The second-order valence-corrected chi connectivity index (χ2v) is 4.93. The molecule has 2 rings (SSSR count). The topological polar surface area (TPSA) is 38.5 Å². The van der Waals surface area contributed by atoms with Crippen LogP contribution in [0.15, 0.2) is 12.1 Å². The fraction of sp³-hybridized carbons (Fsp3) is 0.571. The number of piperidine rings is 1. The summed E-state index contributed by atoms with van der Waals surface area (Å²) in [5.41, 5.74) is 9.75. The van der Waals surface area contributed by atoms with Gasteiger partial charge in [-0.1, -0.05) is 0 Å². The third kappa shape index (κ3) is 2.55. The maximum absolute atomic E-state index is 5.94.